The first-order chi connectivity index (χ1) is 4.72. The van der Waals surface area contributed by atoms with Crippen LogP contribution >= 0.6 is 11.3 Å². The van der Waals surface area contributed by atoms with Gasteiger partial charge in [0.1, 0.15) is 0 Å². The fourth-order valence-corrected chi connectivity index (χ4v) is 1.24. The molecule has 4 heteroatoms. The van der Waals surface area contributed by atoms with Gasteiger partial charge in [-0.15, -0.1) is 11.3 Å². The number of hydrogen-bond donors (Lipinski definition) is 0. The fraction of sp³-hybridized carbons (Fsp3) is 0. The van der Waals surface area contributed by atoms with Crippen LogP contribution in [0.3, 0.4) is 0 Å². The summed E-state index contributed by atoms with van der Waals surface area (Å²) in [6.45, 7) is 3.35. The minimum atomic E-state index is -1.21. The number of carbonyl (C=O) groups is 1. The van der Waals surface area contributed by atoms with Gasteiger partial charge in [0.15, 0.2) is 0 Å². The number of carboxylic acid groups (broad SMARTS) is 1. The van der Waals surface area contributed by atoms with Gasteiger partial charge in [-0.3, -0.25) is 0 Å². The van der Waals surface area contributed by atoms with Gasteiger partial charge in [-0.2, -0.15) is 0 Å². The van der Waals surface area contributed by atoms with Crippen LogP contribution in [-0.2, 0) is 4.79 Å². The average molecular weight is 192 g/mol. The normalized spacial score (nSPS) is 8.36. The summed E-state index contributed by atoms with van der Waals surface area (Å²) in [4.78, 5) is 10.8. The third-order valence-corrected chi connectivity index (χ3v) is 1.99. The second-order valence-electron chi connectivity index (χ2n) is 1.74. The minimum absolute atomic E-state index is 0. The summed E-state index contributed by atoms with van der Waals surface area (Å²) in [5.74, 6) is -1.21. The topological polar surface area (TPSA) is 40.1 Å². The van der Waals surface area contributed by atoms with Crippen molar-refractivity contribution < 1.29 is 61.3 Å². The summed E-state index contributed by atoms with van der Waals surface area (Å²) in [6.07, 6.45) is 0. The van der Waals surface area contributed by atoms with Gasteiger partial charge in [0.2, 0.25) is 0 Å². The van der Waals surface area contributed by atoms with E-state index in [4.69, 9.17) is 0 Å². The van der Waals surface area contributed by atoms with Crippen molar-refractivity contribution in [2.45, 2.75) is 0 Å². The zero-order valence-electron chi connectivity index (χ0n) is 6.16. The molecule has 0 saturated heterocycles. The molecule has 0 aliphatic heterocycles. The van der Waals surface area contributed by atoms with Gasteiger partial charge in [0.05, 0.1) is 5.97 Å². The zero-order chi connectivity index (χ0) is 7.56. The molecule has 0 radical (unpaired) electrons. The molecule has 1 rings (SSSR count). The quantitative estimate of drug-likeness (QED) is 0.384. The van der Waals surface area contributed by atoms with Gasteiger partial charge in [0, 0.05) is 10.5 Å². The Morgan fingerprint density at radius 1 is 1.64 bits per heavy atom. The molecule has 52 valence electrons. The molecule has 0 atom stereocenters. The molecular weight excluding hydrogens is 187 g/mol. The van der Waals surface area contributed by atoms with Crippen LogP contribution < -0.4 is 56.5 Å². The summed E-state index contributed by atoms with van der Waals surface area (Å²) in [6, 6.07) is 3.47. The molecule has 0 spiro atoms. The third kappa shape index (κ3) is 3.19. The molecular formula is C7H5KO2S. The second-order valence-corrected chi connectivity index (χ2v) is 2.69. The van der Waals surface area contributed by atoms with Crippen LogP contribution in [0.1, 0.15) is 4.88 Å². The van der Waals surface area contributed by atoms with Crippen LogP contribution in [-0.4, -0.2) is 5.97 Å². The van der Waals surface area contributed by atoms with Crippen LogP contribution in [0.2, 0.25) is 0 Å². The first-order valence-electron chi connectivity index (χ1n) is 2.66. The standard InChI is InChI=1S/C7H6O2S.K/c1-5(7(8)9)6-3-2-4-10-6;/h2-4H,1H2,(H,8,9);/q;+1/p-1. The zero-order valence-corrected chi connectivity index (χ0v) is 10.1. The molecule has 11 heavy (non-hydrogen) atoms. The van der Waals surface area contributed by atoms with Crippen molar-refractivity contribution in [3.05, 3.63) is 29.0 Å². The monoisotopic (exact) mass is 192 g/mol. The molecule has 1 aromatic heterocycles. The van der Waals surface area contributed by atoms with Crippen molar-refractivity contribution in [3.8, 4) is 0 Å². The average Bonchev–Trinajstić information content (AvgIpc) is 2.36. The van der Waals surface area contributed by atoms with E-state index in [2.05, 4.69) is 6.58 Å². The fourth-order valence-electron chi connectivity index (χ4n) is 0.551. The number of rotatable bonds is 2. The molecule has 0 fully saturated rings. The third-order valence-electron chi connectivity index (χ3n) is 1.07. The van der Waals surface area contributed by atoms with E-state index in [1.54, 1.807) is 17.5 Å². The molecule has 0 amide bonds. The van der Waals surface area contributed by atoms with Crippen LogP contribution in [0.25, 0.3) is 5.57 Å². The molecule has 0 saturated carbocycles. The Morgan fingerprint density at radius 3 is 2.64 bits per heavy atom. The first-order valence-corrected chi connectivity index (χ1v) is 3.54. The van der Waals surface area contributed by atoms with Crippen LogP contribution in [0.4, 0.5) is 0 Å². The van der Waals surface area contributed by atoms with Gasteiger partial charge in [-0.05, 0) is 11.4 Å². The van der Waals surface area contributed by atoms with Gasteiger partial charge in [-0.1, -0.05) is 12.6 Å². The van der Waals surface area contributed by atoms with Gasteiger partial charge in [0.25, 0.3) is 0 Å². The Bertz CT molecular complexity index is 253. The maximum absolute atomic E-state index is 10.2. The molecule has 0 unspecified atom stereocenters. The Labute approximate surface area is 111 Å². The van der Waals surface area contributed by atoms with E-state index in [0.717, 1.165) is 0 Å². The van der Waals surface area contributed by atoms with Crippen molar-refractivity contribution in [2.75, 3.05) is 0 Å². The molecule has 0 N–H and O–H groups in total. The first kappa shape index (κ1) is 11.5. The molecule has 0 aliphatic rings. The maximum atomic E-state index is 10.2. The Morgan fingerprint density at radius 2 is 2.27 bits per heavy atom. The van der Waals surface area contributed by atoms with E-state index >= 15 is 0 Å². The van der Waals surface area contributed by atoms with E-state index in [-0.39, 0.29) is 57.0 Å². The van der Waals surface area contributed by atoms with E-state index in [1.165, 1.54) is 11.3 Å². The van der Waals surface area contributed by atoms with Gasteiger partial charge >= 0.3 is 51.4 Å². The molecule has 0 aliphatic carbocycles. The summed E-state index contributed by atoms with van der Waals surface area (Å²) in [5, 5.41) is 12.0. The minimum Gasteiger partial charge on any atom is -0.545 e. The van der Waals surface area contributed by atoms with E-state index in [9.17, 15) is 9.90 Å². The van der Waals surface area contributed by atoms with Crippen molar-refractivity contribution in [2.24, 2.45) is 0 Å². The molecule has 0 bridgehead atoms. The van der Waals surface area contributed by atoms with Gasteiger partial charge in [-0.25, -0.2) is 0 Å². The maximum Gasteiger partial charge on any atom is 1.00 e. The summed E-state index contributed by atoms with van der Waals surface area (Å²) in [5.41, 5.74) is 0.0509. The number of hydrogen-bond acceptors (Lipinski definition) is 3. The Hall–Kier alpha value is 0.546. The number of carboxylic acids is 1. The van der Waals surface area contributed by atoms with E-state index in [0.29, 0.717) is 4.88 Å². The van der Waals surface area contributed by atoms with Crippen LogP contribution in [0.5, 0.6) is 0 Å². The van der Waals surface area contributed by atoms with Crippen molar-refractivity contribution in [3.63, 3.8) is 0 Å². The molecule has 2 nitrogen and oxygen atoms in total. The van der Waals surface area contributed by atoms with E-state index in [1.807, 2.05) is 0 Å². The van der Waals surface area contributed by atoms with Crippen molar-refractivity contribution in [1.29, 1.82) is 0 Å². The number of aliphatic carboxylic acids is 1. The number of carbonyl (C=O) groups excluding carboxylic acids is 1. The SMILES string of the molecule is C=C(C(=O)[O-])c1cccs1.[K+]. The molecule has 1 aromatic rings. The van der Waals surface area contributed by atoms with Gasteiger partial charge < -0.3 is 9.90 Å². The van der Waals surface area contributed by atoms with E-state index < -0.39 is 5.97 Å². The predicted molar refractivity (Wildman–Crippen MR) is 38.4 cm³/mol. The summed E-state index contributed by atoms with van der Waals surface area (Å²) >= 11 is 1.34. The number of thiophene rings is 1. The second kappa shape index (κ2) is 5.24. The van der Waals surface area contributed by atoms with Crippen molar-refractivity contribution in [1.82, 2.24) is 0 Å². The summed E-state index contributed by atoms with van der Waals surface area (Å²) < 4.78 is 0. The molecule has 0 aromatic carbocycles. The smallest absolute Gasteiger partial charge is 0.545 e. The predicted octanol–water partition coefficient (Wildman–Crippen LogP) is -2.48. The largest absolute Gasteiger partial charge is 1.00 e. The Kier molecular flexibility index (Phi) is 5.50. The van der Waals surface area contributed by atoms with Crippen LogP contribution in [0.15, 0.2) is 24.1 Å². The molecule has 1 heterocycles. The van der Waals surface area contributed by atoms with Crippen molar-refractivity contribution >= 4 is 22.9 Å². The Balaban J connectivity index is 0.000001000. The summed E-state index contributed by atoms with van der Waals surface area (Å²) in [7, 11) is 0. The van der Waals surface area contributed by atoms with Crippen LogP contribution in [0, 0.1) is 0 Å².